The van der Waals surface area contributed by atoms with Crippen LogP contribution < -0.4 is 0 Å². The molecule has 0 saturated carbocycles. The van der Waals surface area contributed by atoms with Crippen LogP contribution in [-0.2, 0) is 9.37 Å². The summed E-state index contributed by atoms with van der Waals surface area (Å²) in [6.45, 7) is 0. The second kappa shape index (κ2) is 4.20. The first kappa shape index (κ1) is 8.35. The summed E-state index contributed by atoms with van der Waals surface area (Å²) in [5.41, 5.74) is 0. The van der Waals surface area contributed by atoms with Crippen LogP contribution in [0.5, 0.6) is 5.75 Å². The first-order valence-corrected chi connectivity index (χ1v) is 3.51. The fourth-order valence-corrected chi connectivity index (χ4v) is 0.971. The topological polar surface area (TPSA) is 58.9 Å². The third-order valence-electron chi connectivity index (χ3n) is 1.02. The van der Waals surface area contributed by atoms with E-state index in [9.17, 15) is 0 Å². The third kappa shape index (κ3) is 2.39. The average Bonchev–Trinajstić information content (AvgIpc) is 2.03. The Morgan fingerprint density at radius 3 is 2.64 bits per heavy atom. The number of aromatic hydroxyl groups is 1. The molecule has 0 spiro atoms. The summed E-state index contributed by atoms with van der Waals surface area (Å²) in [5, 5.41) is 20.2. The first-order valence-electron chi connectivity index (χ1n) is 2.77. The predicted molar refractivity (Wildman–Crippen MR) is 38.8 cm³/mol. The standard InChI is InChI=1S/C6H6O4S/c7-5-3-1-2-4-6(5)11-10-9-8/h1-4,7-8H. The summed E-state index contributed by atoms with van der Waals surface area (Å²) in [7, 11) is 0. The van der Waals surface area contributed by atoms with Crippen LogP contribution in [0, 0.1) is 0 Å². The van der Waals surface area contributed by atoms with Gasteiger partial charge in [-0.1, -0.05) is 17.2 Å². The Balaban J connectivity index is 2.62. The second-order valence-electron chi connectivity index (χ2n) is 1.69. The van der Waals surface area contributed by atoms with Crippen LogP contribution in [0.2, 0.25) is 0 Å². The Hall–Kier alpha value is -0.750. The zero-order valence-corrected chi connectivity index (χ0v) is 6.25. The van der Waals surface area contributed by atoms with Gasteiger partial charge in [0, 0.05) is 0 Å². The zero-order valence-electron chi connectivity index (χ0n) is 5.43. The van der Waals surface area contributed by atoms with Crippen LogP contribution in [0.1, 0.15) is 0 Å². The average molecular weight is 174 g/mol. The quantitative estimate of drug-likeness (QED) is 0.416. The molecule has 11 heavy (non-hydrogen) atoms. The van der Waals surface area contributed by atoms with Crippen molar-refractivity contribution in [2.75, 3.05) is 0 Å². The van der Waals surface area contributed by atoms with Gasteiger partial charge in [-0.2, -0.15) is 0 Å². The van der Waals surface area contributed by atoms with Gasteiger partial charge < -0.3 is 5.11 Å². The molecule has 0 bridgehead atoms. The SMILES string of the molecule is OOOSc1ccccc1O. The minimum Gasteiger partial charge on any atom is -0.507 e. The Bertz CT molecular complexity index is 228. The molecule has 0 aromatic heterocycles. The van der Waals surface area contributed by atoms with E-state index in [1.807, 2.05) is 0 Å². The monoisotopic (exact) mass is 174 g/mol. The molecule has 1 aromatic carbocycles. The lowest BCUT2D eigenvalue weighted by Crippen LogP contribution is -1.78. The molecule has 0 amide bonds. The largest absolute Gasteiger partial charge is 0.507 e. The Morgan fingerprint density at radius 1 is 1.27 bits per heavy atom. The lowest BCUT2D eigenvalue weighted by atomic mass is 10.3. The highest BCUT2D eigenvalue weighted by molar-refractivity contribution is 7.94. The van der Waals surface area contributed by atoms with Crippen LogP contribution in [0.4, 0.5) is 0 Å². The molecular weight excluding hydrogens is 168 g/mol. The van der Waals surface area contributed by atoms with E-state index in [-0.39, 0.29) is 5.75 Å². The molecule has 0 fully saturated rings. The van der Waals surface area contributed by atoms with Crippen LogP contribution in [-0.4, -0.2) is 10.4 Å². The molecule has 0 aliphatic heterocycles. The van der Waals surface area contributed by atoms with Crippen LogP contribution in [0.15, 0.2) is 29.2 Å². The van der Waals surface area contributed by atoms with Crippen molar-refractivity contribution in [2.24, 2.45) is 0 Å². The minimum absolute atomic E-state index is 0.0783. The van der Waals surface area contributed by atoms with Gasteiger partial charge in [0.25, 0.3) is 0 Å². The van der Waals surface area contributed by atoms with E-state index in [2.05, 4.69) is 9.37 Å². The van der Waals surface area contributed by atoms with Crippen molar-refractivity contribution in [3.05, 3.63) is 24.3 Å². The van der Waals surface area contributed by atoms with Crippen molar-refractivity contribution in [1.29, 1.82) is 0 Å². The molecule has 0 radical (unpaired) electrons. The Kier molecular flexibility index (Phi) is 3.18. The Labute approximate surface area is 67.4 Å². The lowest BCUT2D eigenvalue weighted by Gasteiger charge is -1.98. The number of para-hydroxylation sites is 1. The lowest BCUT2D eigenvalue weighted by molar-refractivity contribution is -0.432. The first-order chi connectivity index (χ1) is 5.34. The van der Waals surface area contributed by atoms with Gasteiger partial charge >= 0.3 is 0 Å². The normalized spacial score (nSPS) is 9.91. The Morgan fingerprint density at radius 2 is 2.00 bits per heavy atom. The summed E-state index contributed by atoms with van der Waals surface area (Å²) >= 11 is 0.725. The molecule has 0 atom stereocenters. The smallest absolute Gasteiger partial charge is 0.131 e. The molecule has 1 rings (SSSR count). The number of phenols is 1. The van der Waals surface area contributed by atoms with Gasteiger partial charge in [0.05, 0.1) is 16.9 Å². The molecule has 4 nitrogen and oxygen atoms in total. The molecule has 0 heterocycles. The second-order valence-corrected chi connectivity index (χ2v) is 2.44. The number of hydrogen-bond donors (Lipinski definition) is 2. The molecular formula is C6H6O4S. The van der Waals surface area contributed by atoms with Gasteiger partial charge in [-0.15, -0.1) is 4.33 Å². The van der Waals surface area contributed by atoms with Crippen molar-refractivity contribution < 1.29 is 19.7 Å². The van der Waals surface area contributed by atoms with Gasteiger partial charge in [-0.25, -0.2) is 5.26 Å². The minimum atomic E-state index is 0.0783. The van der Waals surface area contributed by atoms with Gasteiger partial charge in [0.1, 0.15) is 5.75 Å². The highest BCUT2D eigenvalue weighted by Gasteiger charge is 2.00. The maximum Gasteiger partial charge on any atom is 0.131 e. The van der Waals surface area contributed by atoms with E-state index in [1.54, 1.807) is 18.2 Å². The van der Waals surface area contributed by atoms with E-state index in [0.29, 0.717) is 4.90 Å². The summed E-state index contributed by atoms with van der Waals surface area (Å²) in [5.74, 6) is 0.0783. The van der Waals surface area contributed by atoms with Crippen molar-refractivity contribution >= 4 is 12.0 Å². The van der Waals surface area contributed by atoms with Gasteiger partial charge in [-0.05, 0) is 12.1 Å². The van der Waals surface area contributed by atoms with Crippen LogP contribution in [0.25, 0.3) is 0 Å². The van der Waals surface area contributed by atoms with E-state index in [1.165, 1.54) is 6.07 Å². The fourth-order valence-electron chi connectivity index (χ4n) is 0.580. The number of hydrogen-bond acceptors (Lipinski definition) is 5. The molecule has 0 unspecified atom stereocenters. The summed E-state index contributed by atoms with van der Waals surface area (Å²) in [4.78, 5) is 0.474. The third-order valence-corrected chi connectivity index (χ3v) is 1.67. The maximum absolute atomic E-state index is 9.10. The molecule has 0 aliphatic rings. The van der Waals surface area contributed by atoms with Gasteiger partial charge in [-0.3, -0.25) is 0 Å². The summed E-state index contributed by atoms with van der Waals surface area (Å²) in [6, 6.07) is 6.53. The summed E-state index contributed by atoms with van der Waals surface area (Å²) in [6.07, 6.45) is 0. The van der Waals surface area contributed by atoms with Crippen molar-refractivity contribution in [3.63, 3.8) is 0 Å². The molecule has 0 aliphatic carbocycles. The zero-order chi connectivity index (χ0) is 8.10. The van der Waals surface area contributed by atoms with E-state index >= 15 is 0 Å². The predicted octanol–water partition coefficient (Wildman–Crippen LogP) is 1.82. The van der Waals surface area contributed by atoms with Gasteiger partial charge in [0.2, 0.25) is 0 Å². The van der Waals surface area contributed by atoms with E-state index < -0.39 is 0 Å². The van der Waals surface area contributed by atoms with Crippen molar-refractivity contribution in [1.82, 2.24) is 0 Å². The van der Waals surface area contributed by atoms with Crippen molar-refractivity contribution in [3.8, 4) is 5.75 Å². The molecule has 1 aromatic rings. The number of phenolic OH excluding ortho intramolecular Hbond substituents is 1. The van der Waals surface area contributed by atoms with Crippen molar-refractivity contribution in [2.45, 2.75) is 4.90 Å². The molecule has 0 saturated heterocycles. The number of rotatable bonds is 3. The highest BCUT2D eigenvalue weighted by atomic mass is 32.2. The number of benzene rings is 1. The maximum atomic E-state index is 9.10. The fraction of sp³-hybridized carbons (Fsp3) is 0. The molecule has 60 valence electrons. The van der Waals surface area contributed by atoms with Crippen LogP contribution in [0.3, 0.4) is 0 Å². The highest BCUT2D eigenvalue weighted by Crippen LogP contribution is 2.27. The van der Waals surface area contributed by atoms with E-state index in [4.69, 9.17) is 10.4 Å². The molecule has 5 heteroatoms. The van der Waals surface area contributed by atoms with E-state index in [0.717, 1.165) is 12.0 Å². The van der Waals surface area contributed by atoms with Gasteiger partial charge in [0.15, 0.2) is 0 Å². The molecule has 2 N–H and O–H groups in total. The van der Waals surface area contributed by atoms with Crippen LogP contribution >= 0.6 is 12.0 Å². The summed E-state index contributed by atoms with van der Waals surface area (Å²) < 4.78 is 4.11.